The van der Waals surface area contributed by atoms with E-state index in [1.165, 1.54) is 10.9 Å². The smallest absolute Gasteiger partial charge is 0.237 e. The third kappa shape index (κ3) is 3.73. The maximum atomic E-state index is 11.6. The lowest BCUT2D eigenvalue weighted by Gasteiger charge is -2.42. The minimum atomic E-state index is -0.322. The van der Waals surface area contributed by atoms with Gasteiger partial charge in [-0.25, -0.2) is 0 Å². The number of ether oxygens (including phenoxy) is 2. The number of hydrogen-bond acceptors (Lipinski definition) is 5. The van der Waals surface area contributed by atoms with Gasteiger partial charge in [-0.1, -0.05) is 18.2 Å². The van der Waals surface area contributed by atoms with E-state index in [4.69, 9.17) is 15.2 Å². The van der Waals surface area contributed by atoms with Crippen molar-refractivity contribution in [2.24, 2.45) is 5.73 Å². The third-order valence-corrected chi connectivity index (χ3v) is 5.62. The summed E-state index contributed by atoms with van der Waals surface area (Å²) >= 11 is 0. The van der Waals surface area contributed by atoms with E-state index in [-0.39, 0.29) is 18.1 Å². The van der Waals surface area contributed by atoms with Gasteiger partial charge in [0.2, 0.25) is 5.91 Å². The summed E-state index contributed by atoms with van der Waals surface area (Å²) in [7, 11) is 0. The van der Waals surface area contributed by atoms with Crippen LogP contribution >= 0.6 is 0 Å². The molecule has 1 spiro atoms. The molecule has 2 aliphatic heterocycles. The highest BCUT2D eigenvalue weighted by Gasteiger charge is 2.38. The molecule has 2 aromatic rings. The third-order valence-electron chi connectivity index (χ3n) is 5.62. The molecule has 1 aromatic heterocycles. The number of nitrogens with two attached hydrogens (primary N) is 1. The molecule has 3 N–H and O–H groups in total. The summed E-state index contributed by atoms with van der Waals surface area (Å²) in [5.74, 6) is -0.322. The molecule has 27 heavy (non-hydrogen) atoms. The Morgan fingerprint density at radius 2 is 2.19 bits per heavy atom. The second kappa shape index (κ2) is 7.59. The number of hydrogen-bond donors (Lipinski definition) is 2. The molecule has 2 saturated heterocycles. The lowest BCUT2D eigenvalue weighted by atomic mass is 10.0. The number of aromatic nitrogens is 1. The fourth-order valence-corrected chi connectivity index (χ4v) is 4.31. The molecule has 0 aliphatic carbocycles. The largest absolute Gasteiger partial charge is 0.377 e. The Morgan fingerprint density at radius 1 is 1.33 bits per heavy atom. The Morgan fingerprint density at radius 3 is 3.04 bits per heavy atom. The predicted molar refractivity (Wildman–Crippen MR) is 104 cm³/mol. The summed E-state index contributed by atoms with van der Waals surface area (Å²) in [5, 5.41) is 4.61. The molecule has 0 radical (unpaired) electrons. The standard InChI is InChI=1S/C20H28N4O3/c1-15-17(16-4-2-3-5-18(16)24(15)11-19(21)25)10-23-7-9-27-20(13-23)12-22-6-8-26-14-20/h2-5,22H,6-14H2,1H3,(H2,21,25)/t20-/m0/s1. The summed E-state index contributed by atoms with van der Waals surface area (Å²) in [6.45, 7) is 8.54. The van der Waals surface area contributed by atoms with Crippen LogP contribution in [0.3, 0.4) is 0 Å². The molecule has 1 amide bonds. The average molecular weight is 372 g/mol. The van der Waals surface area contributed by atoms with Gasteiger partial charge in [-0.3, -0.25) is 9.69 Å². The highest BCUT2D eigenvalue weighted by Crippen LogP contribution is 2.29. The number of rotatable bonds is 4. The zero-order valence-electron chi connectivity index (χ0n) is 15.9. The minimum absolute atomic E-state index is 0.206. The highest BCUT2D eigenvalue weighted by molar-refractivity contribution is 5.87. The zero-order valence-corrected chi connectivity index (χ0v) is 15.9. The van der Waals surface area contributed by atoms with Crippen molar-refractivity contribution in [1.82, 2.24) is 14.8 Å². The number of primary amides is 1. The van der Waals surface area contributed by atoms with Crippen LogP contribution in [-0.4, -0.2) is 67.0 Å². The zero-order chi connectivity index (χ0) is 18.9. The van der Waals surface area contributed by atoms with E-state index in [0.717, 1.165) is 50.5 Å². The lowest BCUT2D eigenvalue weighted by Crippen LogP contribution is -2.57. The van der Waals surface area contributed by atoms with Crippen molar-refractivity contribution < 1.29 is 14.3 Å². The van der Waals surface area contributed by atoms with Crippen molar-refractivity contribution in [3.8, 4) is 0 Å². The summed E-state index contributed by atoms with van der Waals surface area (Å²) in [6, 6.07) is 8.23. The van der Waals surface area contributed by atoms with Crippen LogP contribution in [0.15, 0.2) is 24.3 Å². The number of para-hydroxylation sites is 1. The molecule has 2 aliphatic rings. The van der Waals surface area contributed by atoms with Crippen LogP contribution in [-0.2, 0) is 27.4 Å². The fourth-order valence-electron chi connectivity index (χ4n) is 4.31. The van der Waals surface area contributed by atoms with E-state index >= 15 is 0 Å². The van der Waals surface area contributed by atoms with Gasteiger partial charge in [0.05, 0.1) is 19.8 Å². The first kappa shape index (κ1) is 18.4. The van der Waals surface area contributed by atoms with Gasteiger partial charge in [0.15, 0.2) is 0 Å². The summed E-state index contributed by atoms with van der Waals surface area (Å²) < 4.78 is 13.9. The topological polar surface area (TPSA) is 81.8 Å². The van der Waals surface area contributed by atoms with E-state index in [0.29, 0.717) is 13.2 Å². The van der Waals surface area contributed by atoms with Gasteiger partial charge >= 0.3 is 0 Å². The predicted octanol–water partition coefficient (Wildman–Crippen LogP) is 0.626. The SMILES string of the molecule is Cc1c(CN2CCO[C@@]3(CNCCOC3)C2)c2ccccc2n1CC(N)=O. The van der Waals surface area contributed by atoms with Crippen molar-refractivity contribution in [3.05, 3.63) is 35.5 Å². The maximum absolute atomic E-state index is 11.6. The first-order valence-electron chi connectivity index (χ1n) is 9.58. The van der Waals surface area contributed by atoms with Gasteiger partial charge in [0.25, 0.3) is 0 Å². The van der Waals surface area contributed by atoms with Crippen LogP contribution in [0.25, 0.3) is 10.9 Å². The summed E-state index contributed by atoms with van der Waals surface area (Å²) in [4.78, 5) is 14.0. The van der Waals surface area contributed by atoms with Crippen LogP contribution in [0.1, 0.15) is 11.3 Å². The van der Waals surface area contributed by atoms with Crippen LogP contribution < -0.4 is 11.1 Å². The molecule has 1 aromatic carbocycles. The quantitative estimate of drug-likeness (QED) is 0.823. The highest BCUT2D eigenvalue weighted by atomic mass is 16.5. The molecule has 1 atom stereocenters. The van der Waals surface area contributed by atoms with E-state index < -0.39 is 0 Å². The number of fused-ring (bicyclic) bond motifs is 1. The molecule has 0 unspecified atom stereocenters. The summed E-state index contributed by atoms with van der Waals surface area (Å²) in [5.41, 5.74) is 8.61. The first-order valence-corrected chi connectivity index (χ1v) is 9.58. The van der Waals surface area contributed by atoms with Crippen molar-refractivity contribution in [1.29, 1.82) is 0 Å². The maximum Gasteiger partial charge on any atom is 0.237 e. The molecule has 2 fully saturated rings. The number of nitrogens with one attached hydrogen (secondary N) is 1. The normalized spacial score (nSPS) is 24.3. The van der Waals surface area contributed by atoms with Crippen molar-refractivity contribution in [2.75, 3.05) is 46.0 Å². The molecule has 146 valence electrons. The number of benzene rings is 1. The van der Waals surface area contributed by atoms with Gasteiger partial charge in [-0.2, -0.15) is 0 Å². The summed E-state index contributed by atoms with van der Waals surface area (Å²) in [6.07, 6.45) is 0. The molecule has 0 bridgehead atoms. The molecule has 3 heterocycles. The molecule has 7 heteroatoms. The average Bonchev–Trinajstić information content (AvgIpc) is 2.80. The van der Waals surface area contributed by atoms with E-state index in [9.17, 15) is 4.79 Å². The number of nitrogens with zero attached hydrogens (tertiary/aromatic N) is 2. The molecule has 0 saturated carbocycles. The molecule has 7 nitrogen and oxygen atoms in total. The van der Waals surface area contributed by atoms with E-state index in [1.54, 1.807) is 0 Å². The molecular formula is C20H28N4O3. The lowest BCUT2D eigenvalue weighted by molar-refractivity contribution is -0.135. The van der Waals surface area contributed by atoms with Crippen LogP contribution in [0.5, 0.6) is 0 Å². The second-order valence-corrected chi connectivity index (χ2v) is 7.61. The monoisotopic (exact) mass is 372 g/mol. The number of carbonyl (C=O) groups excluding carboxylic acids is 1. The minimum Gasteiger partial charge on any atom is -0.377 e. The Bertz CT molecular complexity index is 824. The van der Waals surface area contributed by atoms with Crippen LogP contribution in [0.2, 0.25) is 0 Å². The number of morpholine rings is 1. The van der Waals surface area contributed by atoms with Gasteiger partial charge in [-0.15, -0.1) is 0 Å². The van der Waals surface area contributed by atoms with Gasteiger partial charge in [0.1, 0.15) is 12.1 Å². The van der Waals surface area contributed by atoms with Gasteiger partial charge < -0.3 is 25.1 Å². The second-order valence-electron chi connectivity index (χ2n) is 7.61. The Kier molecular flexibility index (Phi) is 5.19. The van der Waals surface area contributed by atoms with Crippen molar-refractivity contribution >= 4 is 16.8 Å². The van der Waals surface area contributed by atoms with Crippen molar-refractivity contribution in [2.45, 2.75) is 25.6 Å². The molecular weight excluding hydrogens is 344 g/mol. The van der Waals surface area contributed by atoms with Gasteiger partial charge in [0, 0.05) is 49.3 Å². The van der Waals surface area contributed by atoms with Crippen LogP contribution in [0, 0.1) is 6.92 Å². The van der Waals surface area contributed by atoms with E-state index in [1.807, 2.05) is 16.7 Å². The Hall–Kier alpha value is -1.93. The number of carbonyl (C=O) groups is 1. The Labute approximate surface area is 159 Å². The van der Waals surface area contributed by atoms with Crippen LogP contribution in [0.4, 0.5) is 0 Å². The fraction of sp³-hybridized carbons (Fsp3) is 0.550. The Balaban J connectivity index is 1.61. The van der Waals surface area contributed by atoms with Gasteiger partial charge in [-0.05, 0) is 18.6 Å². The van der Waals surface area contributed by atoms with E-state index in [2.05, 4.69) is 29.3 Å². The van der Waals surface area contributed by atoms with Crippen molar-refractivity contribution in [3.63, 3.8) is 0 Å². The number of amides is 1. The molecule has 4 rings (SSSR count). The first-order chi connectivity index (χ1) is 13.1.